The van der Waals surface area contributed by atoms with Crippen LogP contribution in [0.25, 0.3) is 61.1 Å². The van der Waals surface area contributed by atoms with Crippen molar-refractivity contribution in [3.05, 3.63) is 185 Å². The Balaban J connectivity index is 1.09. The Morgan fingerprint density at radius 3 is 2.25 bits per heavy atom. The number of hydrogen-bond acceptors (Lipinski definition) is 3. The molecule has 258 valence electrons. The monoisotopic (exact) mass is 686 g/mol. The lowest BCUT2D eigenvalue weighted by molar-refractivity contribution is 0.386. The minimum absolute atomic E-state index is 0.169. The summed E-state index contributed by atoms with van der Waals surface area (Å²) in [6, 6.07) is 48.6. The number of aryl methyl sites for hydroxylation is 2. The van der Waals surface area contributed by atoms with Crippen LogP contribution in [-0.2, 0) is 19.4 Å². The van der Waals surface area contributed by atoms with E-state index in [-0.39, 0.29) is 12.3 Å². The van der Waals surface area contributed by atoms with Crippen LogP contribution in [0.2, 0.25) is 0 Å². The molecule has 0 spiro atoms. The number of rotatable bonds is 8. The van der Waals surface area contributed by atoms with E-state index in [0.717, 1.165) is 49.0 Å². The molecule has 10 rings (SSSR count). The molecule has 7 aromatic carbocycles. The molecule has 1 heterocycles. The van der Waals surface area contributed by atoms with E-state index >= 15 is 0 Å². The average molecular weight is 687 g/mol. The maximum atomic E-state index is 6.80. The highest BCUT2D eigenvalue weighted by Gasteiger charge is 2.25. The number of hydrogen-bond donors (Lipinski definition) is 3. The third-order valence-corrected chi connectivity index (χ3v) is 11.4. The highest BCUT2D eigenvalue weighted by atomic mass is 15.2. The molecule has 2 aliphatic rings. The number of nitrogens with one attached hydrogen (secondary N) is 2. The number of nitrogens with two attached hydrogens (primary N) is 1. The van der Waals surface area contributed by atoms with Gasteiger partial charge >= 0.3 is 0 Å². The lowest BCUT2D eigenvalue weighted by Crippen LogP contribution is -2.39. The van der Waals surface area contributed by atoms with Gasteiger partial charge in [-0.25, -0.2) is 0 Å². The van der Waals surface area contributed by atoms with E-state index in [0.29, 0.717) is 0 Å². The van der Waals surface area contributed by atoms with Gasteiger partial charge in [-0.2, -0.15) is 0 Å². The van der Waals surface area contributed by atoms with E-state index in [1.54, 1.807) is 0 Å². The minimum atomic E-state index is -0.333. The molecule has 8 aromatic rings. The van der Waals surface area contributed by atoms with Crippen molar-refractivity contribution in [3.63, 3.8) is 0 Å². The van der Waals surface area contributed by atoms with Gasteiger partial charge in [0.1, 0.15) is 0 Å². The largest absolute Gasteiger partial charge is 0.312 e. The first-order valence-electron chi connectivity index (χ1n) is 19.0. The topological polar surface area (TPSA) is 55.0 Å². The van der Waals surface area contributed by atoms with Gasteiger partial charge < -0.3 is 10.3 Å². The molecule has 4 nitrogen and oxygen atoms in total. The Morgan fingerprint density at radius 1 is 0.623 bits per heavy atom. The molecule has 1 aromatic heterocycles. The zero-order valence-corrected chi connectivity index (χ0v) is 29.7. The van der Waals surface area contributed by atoms with E-state index < -0.39 is 0 Å². The molecule has 2 unspecified atom stereocenters. The van der Waals surface area contributed by atoms with Crippen molar-refractivity contribution >= 4 is 55.4 Å². The maximum Gasteiger partial charge on any atom is 0.0852 e. The molecule has 0 bridgehead atoms. The number of aromatic nitrogens is 1. The second kappa shape index (κ2) is 13.3. The Hall–Kier alpha value is -5.78. The molecular formula is C49H42N4. The summed E-state index contributed by atoms with van der Waals surface area (Å²) in [7, 11) is 0. The van der Waals surface area contributed by atoms with Crippen molar-refractivity contribution < 1.29 is 0 Å². The Bertz CT molecular complexity index is 2720. The molecule has 0 radical (unpaired) electrons. The van der Waals surface area contributed by atoms with Crippen LogP contribution < -0.4 is 16.4 Å². The molecule has 0 aliphatic heterocycles. The van der Waals surface area contributed by atoms with Crippen LogP contribution in [0.15, 0.2) is 146 Å². The zero-order valence-electron chi connectivity index (χ0n) is 29.7. The smallest absolute Gasteiger partial charge is 0.0852 e. The van der Waals surface area contributed by atoms with Gasteiger partial charge in [0.05, 0.1) is 17.8 Å². The molecule has 53 heavy (non-hydrogen) atoms. The maximum absolute atomic E-state index is 6.80. The van der Waals surface area contributed by atoms with Crippen molar-refractivity contribution in [1.29, 1.82) is 0 Å². The van der Waals surface area contributed by atoms with Crippen molar-refractivity contribution in [1.82, 2.24) is 15.2 Å². The van der Waals surface area contributed by atoms with Crippen LogP contribution in [0.4, 0.5) is 0 Å². The molecule has 0 amide bonds. The van der Waals surface area contributed by atoms with E-state index in [2.05, 4.69) is 155 Å². The lowest BCUT2D eigenvalue weighted by atomic mass is 9.90. The predicted molar refractivity (Wildman–Crippen MR) is 223 cm³/mol. The zero-order chi connectivity index (χ0) is 35.3. The molecule has 4 N–H and O–H groups in total. The first-order valence-corrected chi connectivity index (χ1v) is 19.0. The Morgan fingerprint density at radius 2 is 1.38 bits per heavy atom. The van der Waals surface area contributed by atoms with Crippen LogP contribution in [0.5, 0.6) is 0 Å². The molecule has 0 saturated carbocycles. The summed E-state index contributed by atoms with van der Waals surface area (Å²) in [5, 5.41) is 16.8. The average Bonchev–Trinajstić information content (AvgIpc) is 3.58. The Labute approximate surface area is 310 Å². The number of nitrogens with zero attached hydrogens (tertiary/aromatic N) is 1. The fraction of sp³-hybridized carbons (Fsp3) is 0.143. The van der Waals surface area contributed by atoms with Crippen molar-refractivity contribution in [2.45, 2.75) is 44.6 Å². The molecule has 4 heteroatoms. The normalized spacial score (nSPS) is 14.9. The number of allylic oxidation sites excluding steroid dienone is 2. The highest BCUT2D eigenvalue weighted by Crippen LogP contribution is 2.45. The van der Waals surface area contributed by atoms with Gasteiger partial charge in [0.2, 0.25) is 0 Å². The van der Waals surface area contributed by atoms with Gasteiger partial charge in [-0.15, -0.1) is 0 Å². The quantitative estimate of drug-likeness (QED) is 0.110. The summed E-state index contributed by atoms with van der Waals surface area (Å²) in [6.07, 6.45) is 13.0. The molecular weight excluding hydrogens is 645 g/mol. The first kappa shape index (κ1) is 31.9. The standard InChI is InChI=1S/C49H42N4/c50-48(35-14-2-1-3-15-35)52-49(51-31-32-22-23-33-12-4-5-16-37(33)30-32)36-24-27-38(28-25-36)53-44-21-11-10-20-43(44)46-45-39-17-7-6-13-34(39)26-29-41(45)40-18-8-9-19-42(40)47(46)53/h1-3,5-9,11,13-19,21-30,48-49,51-52H,4,10,12,20,31,50H2. The van der Waals surface area contributed by atoms with Gasteiger partial charge in [0.25, 0.3) is 0 Å². The van der Waals surface area contributed by atoms with Crippen LogP contribution in [0.3, 0.4) is 0 Å². The second-order valence-corrected chi connectivity index (χ2v) is 14.6. The van der Waals surface area contributed by atoms with E-state index in [1.807, 2.05) is 18.2 Å². The molecule has 0 fully saturated rings. The predicted octanol–water partition coefficient (Wildman–Crippen LogP) is 11.0. The van der Waals surface area contributed by atoms with Crippen molar-refractivity contribution in [3.8, 4) is 5.69 Å². The lowest BCUT2D eigenvalue weighted by Gasteiger charge is -2.26. The summed E-state index contributed by atoms with van der Waals surface area (Å²) in [6.45, 7) is 0.718. The van der Waals surface area contributed by atoms with Gasteiger partial charge in [-0.1, -0.05) is 140 Å². The van der Waals surface area contributed by atoms with Gasteiger partial charge in [0.15, 0.2) is 0 Å². The van der Waals surface area contributed by atoms with Crippen LogP contribution in [-0.4, -0.2) is 4.57 Å². The fourth-order valence-corrected chi connectivity index (χ4v) is 8.80. The molecule has 0 saturated heterocycles. The summed E-state index contributed by atoms with van der Waals surface area (Å²) in [4.78, 5) is 0. The minimum Gasteiger partial charge on any atom is -0.312 e. The van der Waals surface area contributed by atoms with Crippen molar-refractivity contribution in [2.75, 3.05) is 0 Å². The first-order chi connectivity index (χ1) is 26.2. The van der Waals surface area contributed by atoms with Gasteiger partial charge in [-0.3, -0.25) is 10.6 Å². The summed E-state index contributed by atoms with van der Waals surface area (Å²) >= 11 is 0. The third-order valence-electron chi connectivity index (χ3n) is 11.4. The van der Waals surface area contributed by atoms with Crippen molar-refractivity contribution in [2.24, 2.45) is 5.73 Å². The number of benzene rings is 7. The van der Waals surface area contributed by atoms with Gasteiger partial charge in [0, 0.05) is 28.7 Å². The number of fused-ring (bicyclic) bond motifs is 11. The van der Waals surface area contributed by atoms with E-state index in [9.17, 15) is 0 Å². The van der Waals surface area contributed by atoms with E-state index in [1.165, 1.54) is 71.2 Å². The van der Waals surface area contributed by atoms with Crippen LogP contribution in [0.1, 0.15) is 64.2 Å². The summed E-state index contributed by atoms with van der Waals surface area (Å²) in [5.41, 5.74) is 18.2. The summed E-state index contributed by atoms with van der Waals surface area (Å²) < 4.78 is 2.51. The third kappa shape index (κ3) is 5.58. The SMILES string of the molecule is NC(NC(NCc1ccc2c(c1)C=CCC2)c1ccc(-n2c3c(c4c5c6ccccc6ccc5c5ccccc5c42)CCC=C3)cc1)c1ccccc1. The second-order valence-electron chi connectivity index (χ2n) is 14.6. The molecule has 2 aliphatic carbocycles. The van der Waals surface area contributed by atoms with Crippen LogP contribution in [0, 0.1) is 0 Å². The van der Waals surface area contributed by atoms with Crippen LogP contribution >= 0.6 is 0 Å². The fourth-order valence-electron chi connectivity index (χ4n) is 8.80. The Kier molecular flexibility index (Phi) is 8.02. The summed E-state index contributed by atoms with van der Waals surface area (Å²) in [5.74, 6) is 0. The van der Waals surface area contributed by atoms with Gasteiger partial charge in [-0.05, 0) is 104 Å². The highest BCUT2D eigenvalue weighted by molar-refractivity contribution is 6.32. The molecule has 2 atom stereocenters. The van der Waals surface area contributed by atoms with E-state index in [4.69, 9.17) is 5.73 Å².